The van der Waals surface area contributed by atoms with Gasteiger partial charge in [0.2, 0.25) is 0 Å². The molecule has 7 heteroatoms. The van der Waals surface area contributed by atoms with Gasteiger partial charge in [0, 0.05) is 18.1 Å². The smallest absolute Gasteiger partial charge is 0.150 e. The van der Waals surface area contributed by atoms with Crippen LogP contribution in [0.4, 0.5) is 0 Å². The Labute approximate surface area is 122 Å². The van der Waals surface area contributed by atoms with Crippen molar-refractivity contribution in [3.05, 3.63) is 0 Å². The van der Waals surface area contributed by atoms with Crippen molar-refractivity contribution in [1.82, 2.24) is 5.32 Å². The molecule has 1 heterocycles. The van der Waals surface area contributed by atoms with Gasteiger partial charge in [0.25, 0.3) is 0 Å². The van der Waals surface area contributed by atoms with Crippen LogP contribution >= 0.6 is 0 Å². The summed E-state index contributed by atoms with van der Waals surface area (Å²) in [6.45, 7) is 0.828. The van der Waals surface area contributed by atoms with Crippen LogP contribution in [0, 0.1) is 11.8 Å². The van der Waals surface area contributed by atoms with Crippen LogP contribution < -0.4 is 5.32 Å². The molecule has 0 amide bonds. The van der Waals surface area contributed by atoms with Crippen LogP contribution in [0.1, 0.15) is 32.1 Å². The molecular formula is C13H25NO4S2. The van der Waals surface area contributed by atoms with Gasteiger partial charge in [-0.1, -0.05) is 0 Å². The fourth-order valence-electron chi connectivity index (χ4n) is 2.91. The summed E-state index contributed by atoms with van der Waals surface area (Å²) in [6.07, 6.45) is 5.83. The summed E-state index contributed by atoms with van der Waals surface area (Å²) in [4.78, 5) is 0. The van der Waals surface area contributed by atoms with E-state index in [2.05, 4.69) is 5.32 Å². The summed E-state index contributed by atoms with van der Waals surface area (Å²) in [5.74, 6) is 1.26. The van der Waals surface area contributed by atoms with Gasteiger partial charge < -0.3 is 5.32 Å². The lowest BCUT2D eigenvalue weighted by Crippen LogP contribution is -2.30. The SMILES string of the molecule is CS(=O)(=O)CCCC(CNC1CC1)C1CCS(=O)(=O)C1. The lowest BCUT2D eigenvalue weighted by atomic mass is 9.88. The second kappa shape index (κ2) is 6.32. The van der Waals surface area contributed by atoms with Crippen molar-refractivity contribution in [3.63, 3.8) is 0 Å². The highest BCUT2D eigenvalue weighted by atomic mass is 32.2. The maximum atomic E-state index is 11.6. The quantitative estimate of drug-likeness (QED) is 0.708. The van der Waals surface area contributed by atoms with Gasteiger partial charge in [-0.3, -0.25) is 0 Å². The first-order chi connectivity index (χ1) is 9.25. The van der Waals surface area contributed by atoms with Gasteiger partial charge in [0.1, 0.15) is 9.84 Å². The molecule has 2 unspecified atom stereocenters. The van der Waals surface area contributed by atoms with Gasteiger partial charge >= 0.3 is 0 Å². The van der Waals surface area contributed by atoms with E-state index in [-0.39, 0.29) is 23.3 Å². The standard InChI is InChI=1S/C13H25NO4S2/c1-19(15,16)7-2-3-11(9-14-13-4-5-13)12-6-8-20(17,18)10-12/h11-14H,2-10H2,1H3. The van der Waals surface area contributed by atoms with E-state index in [1.807, 2.05) is 0 Å². The van der Waals surface area contributed by atoms with E-state index in [1.165, 1.54) is 19.1 Å². The van der Waals surface area contributed by atoms with Gasteiger partial charge in [-0.25, -0.2) is 16.8 Å². The minimum atomic E-state index is -2.92. The topological polar surface area (TPSA) is 80.3 Å². The molecule has 1 saturated carbocycles. The highest BCUT2D eigenvalue weighted by molar-refractivity contribution is 7.91. The summed E-state index contributed by atoms with van der Waals surface area (Å²) in [6, 6.07) is 0.602. The van der Waals surface area contributed by atoms with Crippen molar-refractivity contribution in [2.75, 3.05) is 30.1 Å². The Kier molecular flexibility index (Phi) is 5.13. The molecule has 0 radical (unpaired) electrons. The lowest BCUT2D eigenvalue weighted by Gasteiger charge is -2.23. The van der Waals surface area contributed by atoms with Gasteiger partial charge in [-0.15, -0.1) is 0 Å². The number of hydrogen-bond donors (Lipinski definition) is 1. The second-order valence-corrected chi connectivity index (χ2v) is 10.9. The van der Waals surface area contributed by atoms with Crippen LogP contribution in [0.5, 0.6) is 0 Å². The largest absolute Gasteiger partial charge is 0.314 e. The number of nitrogens with one attached hydrogen (secondary N) is 1. The maximum absolute atomic E-state index is 11.6. The molecule has 118 valence electrons. The van der Waals surface area contributed by atoms with Gasteiger partial charge in [-0.2, -0.15) is 0 Å². The molecule has 0 aromatic heterocycles. The molecular weight excluding hydrogens is 298 g/mol. The van der Waals surface area contributed by atoms with Crippen LogP contribution in [-0.4, -0.2) is 52.9 Å². The summed E-state index contributed by atoms with van der Waals surface area (Å²) in [5, 5.41) is 3.46. The average Bonchev–Trinajstić information content (AvgIpc) is 3.05. The minimum Gasteiger partial charge on any atom is -0.314 e. The highest BCUT2D eigenvalue weighted by Gasteiger charge is 2.34. The number of sulfone groups is 2. The van der Waals surface area contributed by atoms with E-state index in [4.69, 9.17) is 0 Å². The van der Waals surface area contributed by atoms with Gasteiger partial charge in [0.05, 0.1) is 11.5 Å². The Morgan fingerprint density at radius 2 is 1.95 bits per heavy atom. The molecule has 5 nitrogen and oxygen atoms in total. The van der Waals surface area contributed by atoms with Crippen LogP contribution in [0.3, 0.4) is 0 Å². The van der Waals surface area contributed by atoms with E-state index in [9.17, 15) is 16.8 Å². The zero-order chi connectivity index (χ0) is 14.8. The number of rotatable bonds is 8. The highest BCUT2D eigenvalue weighted by Crippen LogP contribution is 2.30. The molecule has 1 aliphatic carbocycles. The van der Waals surface area contributed by atoms with Crippen molar-refractivity contribution in [1.29, 1.82) is 0 Å². The summed E-state index contributed by atoms with van der Waals surface area (Å²) < 4.78 is 45.6. The third kappa shape index (κ3) is 5.69. The monoisotopic (exact) mass is 323 g/mol. The molecule has 2 atom stereocenters. The first-order valence-corrected chi connectivity index (χ1v) is 11.2. The molecule has 2 fully saturated rings. The Morgan fingerprint density at radius 1 is 1.25 bits per heavy atom. The van der Waals surface area contributed by atoms with Crippen molar-refractivity contribution < 1.29 is 16.8 Å². The zero-order valence-electron chi connectivity index (χ0n) is 12.0. The Bertz CT molecular complexity index is 523. The van der Waals surface area contributed by atoms with E-state index < -0.39 is 19.7 Å². The maximum Gasteiger partial charge on any atom is 0.150 e. The average molecular weight is 323 g/mol. The van der Waals surface area contributed by atoms with E-state index in [0.29, 0.717) is 18.2 Å². The molecule has 0 spiro atoms. The molecule has 0 aromatic carbocycles. The van der Waals surface area contributed by atoms with Crippen LogP contribution in [0.2, 0.25) is 0 Å². The predicted molar refractivity (Wildman–Crippen MR) is 80.2 cm³/mol. The van der Waals surface area contributed by atoms with E-state index in [1.54, 1.807) is 0 Å². The van der Waals surface area contributed by atoms with Gasteiger partial charge in [-0.05, 0) is 50.5 Å². The molecule has 20 heavy (non-hydrogen) atoms. The van der Waals surface area contributed by atoms with Crippen molar-refractivity contribution >= 4 is 19.7 Å². The molecule has 0 bridgehead atoms. The molecule has 1 aliphatic heterocycles. The van der Waals surface area contributed by atoms with E-state index >= 15 is 0 Å². The Hall–Kier alpha value is -0.140. The Balaban J connectivity index is 1.86. The van der Waals surface area contributed by atoms with E-state index in [0.717, 1.165) is 19.4 Å². The fraction of sp³-hybridized carbons (Fsp3) is 1.00. The molecule has 0 aromatic rings. The van der Waals surface area contributed by atoms with Crippen molar-refractivity contribution in [3.8, 4) is 0 Å². The Morgan fingerprint density at radius 3 is 2.45 bits per heavy atom. The van der Waals surface area contributed by atoms with Crippen molar-refractivity contribution in [2.24, 2.45) is 11.8 Å². The van der Waals surface area contributed by atoms with Crippen molar-refractivity contribution in [2.45, 2.75) is 38.1 Å². The molecule has 2 rings (SSSR count). The zero-order valence-corrected chi connectivity index (χ0v) is 13.7. The van der Waals surface area contributed by atoms with Crippen LogP contribution in [0.25, 0.3) is 0 Å². The van der Waals surface area contributed by atoms with Crippen LogP contribution in [0.15, 0.2) is 0 Å². The normalized spacial score (nSPS) is 27.6. The molecule has 1 saturated heterocycles. The first kappa shape index (κ1) is 16.2. The number of hydrogen-bond acceptors (Lipinski definition) is 5. The summed E-state index contributed by atoms with van der Waals surface area (Å²) >= 11 is 0. The second-order valence-electron chi connectivity index (χ2n) is 6.38. The van der Waals surface area contributed by atoms with Crippen LogP contribution in [-0.2, 0) is 19.7 Å². The third-order valence-electron chi connectivity index (χ3n) is 4.27. The predicted octanol–water partition coefficient (Wildman–Crippen LogP) is 0.614. The molecule has 2 aliphatic rings. The minimum absolute atomic E-state index is 0.200. The lowest BCUT2D eigenvalue weighted by molar-refractivity contribution is 0.322. The summed E-state index contributed by atoms with van der Waals surface area (Å²) in [5.41, 5.74) is 0. The summed E-state index contributed by atoms with van der Waals surface area (Å²) in [7, 11) is -5.79. The first-order valence-electron chi connectivity index (χ1n) is 7.37. The third-order valence-corrected chi connectivity index (χ3v) is 7.09. The molecule has 1 N–H and O–H groups in total. The fourth-order valence-corrected chi connectivity index (χ4v) is 5.52. The van der Waals surface area contributed by atoms with Gasteiger partial charge in [0.15, 0.2) is 9.84 Å².